The first-order valence-electron chi connectivity index (χ1n) is 5.79. The van der Waals surface area contributed by atoms with Gasteiger partial charge in [-0.1, -0.05) is 11.6 Å². The number of carbonyl (C=O) groups is 1. The molecule has 20 heavy (non-hydrogen) atoms. The lowest BCUT2D eigenvalue weighted by Gasteiger charge is -2.06. The number of halogens is 1. The minimum absolute atomic E-state index is 0.110. The van der Waals surface area contributed by atoms with Crippen molar-refractivity contribution in [1.82, 2.24) is 14.8 Å². The van der Waals surface area contributed by atoms with Gasteiger partial charge >= 0.3 is 5.91 Å². The van der Waals surface area contributed by atoms with Gasteiger partial charge in [-0.05, 0) is 30.3 Å². The molecule has 3 aromatic rings. The van der Waals surface area contributed by atoms with E-state index in [4.69, 9.17) is 11.6 Å². The molecule has 0 spiro atoms. The van der Waals surface area contributed by atoms with Gasteiger partial charge in [0.25, 0.3) is 0 Å². The van der Waals surface area contributed by atoms with Crippen molar-refractivity contribution in [2.75, 3.05) is 0 Å². The van der Waals surface area contributed by atoms with Crippen LogP contribution in [0.2, 0.25) is 5.02 Å². The van der Waals surface area contributed by atoms with Crippen molar-refractivity contribution in [2.45, 2.75) is 0 Å². The standard InChI is InChI=1S/C13H9ClN4O2/c14-8-1-2-9-11(7-8)15-5-3-12(9)18-6-4-10(16-18)13(19)17-20/h1-7H,17H2. The van der Waals surface area contributed by atoms with E-state index in [1.165, 1.54) is 10.7 Å². The van der Waals surface area contributed by atoms with Crippen LogP contribution in [0.4, 0.5) is 0 Å². The Morgan fingerprint density at radius 2 is 2.15 bits per heavy atom. The van der Waals surface area contributed by atoms with Gasteiger partial charge in [0.05, 0.1) is 11.2 Å². The third-order valence-electron chi connectivity index (χ3n) is 2.88. The van der Waals surface area contributed by atoms with Gasteiger partial charge in [0, 0.05) is 22.8 Å². The van der Waals surface area contributed by atoms with Crippen molar-refractivity contribution < 1.29 is 10.3 Å². The quantitative estimate of drug-likeness (QED) is 0.720. The maximum absolute atomic E-state index is 11.3. The number of carbonyl (C=O) groups excluding carboxylic acids is 1. The second-order valence-electron chi connectivity index (χ2n) is 4.12. The Balaban J connectivity index is 2.14. The third-order valence-corrected chi connectivity index (χ3v) is 3.11. The molecular formula is C13H9ClN4O2. The number of aromatic nitrogens is 3. The van der Waals surface area contributed by atoms with E-state index in [2.05, 4.69) is 10.1 Å². The van der Waals surface area contributed by atoms with Crippen LogP contribution < -0.4 is 5.48 Å². The fraction of sp³-hybridized carbons (Fsp3) is 0. The molecule has 7 heteroatoms. The minimum Gasteiger partial charge on any atom is -0.628 e. The number of primary amides is 1. The highest BCUT2D eigenvalue weighted by atomic mass is 35.5. The molecule has 1 amide bonds. The van der Waals surface area contributed by atoms with Gasteiger partial charge in [-0.3, -0.25) is 4.98 Å². The van der Waals surface area contributed by atoms with Gasteiger partial charge in [0.2, 0.25) is 0 Å². The minimum atomic E-state index is -0.648. The SMILES string of the molecule is O=C([NH2+][O-])c1ccn(-c2ccnc3cc(Cl)ccc23)n1. The van der Waals surface area contributed by atoms with Crippen LogP contribution in [0.5, 0.6) is 0 Å². The van der Waals surface area contributed by atoms with Crippen LogP contribution in [-0.2, 0) is 0 Å². The van der Waals surface area contributed by atoms with Gasteiger partial charge in [-0.15, -0.1) is 0 Å². The van der Waals surface area contributed by atoms with Gasteiger partial charge in [-0.25, -0.2) is 9.48 Å². The van der Waals surface area contributed by atoms with Crippen molar-refractivity contribution in [1.29, 1.82) is 0 Å². The van der Waals surface area contributed by atoms with Crippen LogP contribution in [0, 0.1) is 5.21 Å². The number of nitrogens with two attached hydrogens (primary N) is 1. The number of nitrogens with zero attached hydrogens (tertiary/aromatic N) is 3. The first-order chi connectivity index (χ1) is 9.69. The molecule has 2 N–H and O–H groups in total. The molecule has 0 atom stereocenters. The van der Waals surface area contributed by atoms with Crippen molar-refractivity contribution in [3.63, 3.8) is 0 Å². The lowest BCUT2D eigenvalue weighted by molar-refractivity contribution is -0.482. The summed E-state index contributed by atoms with van der Waals surface area (Å²) in [5.74, 6) is -0.648. The van der Waals surface area contributed by atoms with Crippen LogP contribution in [0.15, 0.2) is 42.7 Å². The fourth-order valence-electron chi connectivity index (χ4n) is 1.96. The van der Waals surface area contributed by atoms with Crippen LogP contribution in [-0.4, -0.2) is 20.7 Å². The van der Waals surface area contributed by atoms with Crippen molar-refractivity contribution in [3.8, 4) is 5.69 Å². The summed E-state index contributed by atoms with van der Waals surface area (Å²) in [6, 6.07) is 8.62. The Bertz CT molecular complexity index is 800. The van der Waals surface area contributed by atoms with E-state index in [1.54, 1.807) is 30.6 Å². The van der Waals surface area contributed by atoms with Gasteiger partial charge < -0.3 is 10.7 Å². The van der Waals surface area contributed by atoms with E-state index in [9.17, 15) is 10.0 Å². The van der Waals surface area contributed by atoms with Crippen LogP contribution in [0.25, 0.3) is 16.6 Å². The number of pyridine rings is 1. The van der Waals surface area contributed by atoms with Gasteiger partial charge in [0.1, 0.15) is 0 Å². The zero-order valence-corrected chi connectivity index (χ0v) is 10.9. The second-order valence-corrected chi connectivity index (χ2v) is 4.56. The topological polar surface area (TPSA) is 87.5 Å². The van der Waals surface area contributed by atoms with Gasteiger partial charge in [-0.2, -0.15) is 5.10 Å². The molecule has 2 aromatic heterocycles. The van der Waals surface area contributed by atoms with E-state index in [1.807, 2.05) is 6.07 Å². The largest absolute Gasteiger partial charge is 0.628 e. The van der Waals surface area contributed by atoms with E-state index < -0.39 is 5.91 Å². The zero-order chi connectivity index (χ0) is 14.1. The van der Waals surface area contributed by atoms with Crippen LogP contribution in [0.3, 0.4) is 0 Å². The Morgan fingerprint density at radius 1 is 1.30 bits per heavy atom. The van der Waals surface area contributed by atoms with Crippen molar-refractivity contribution in [3.05, 3.63) is 58.6 Å². The van der Waals surface area contributed by atoms with Crippen molar-refractivity contribution >= 4 is 28.4 Å². The first kappa shape index (κ1) is 12.7. The fourth-order valence-corrected chi connectivity index (χ4v) is 2.12. The molecule has 0 saturated heterocycles. The predicted molar refractivity (Wildman–Crippen MR) is 73.5 cm³/mol. The summed E-state index contributed by atoms with van der Waals surface area (Å²) in [6.45, 7) is 0. The number of hydrogen-bond acceptors (Lipinski definition) is 4. The number of rotatable bonds is 2. The van der Waals surface area contributed by atoms with E-state index >= 15 is 0 Å². The molecule has 0 unspecified atom stereocenters. The predicted octanol–water partition coefficient (Wildman–Crippen LogP) is 1.28. The van der Waals surface area contributed by atoms with E-state index in [0.717, 1.165) is 16.6 Å². The first-order valence-corrected chi connectivity index (χ1v) is 6.16. The number of hydroxylamine groups is 1. The smallest absolute Gasteiger partial charge is 0.362 e. The van der Waals surface area contributed by atoms with E-state index in [0.29, 0.717) is 5.02 Å². The summed E-state index contributed by atoms with van der Waals surface area (Å²) < 4.78 is 1.54. The highest BCUT2D eigenvalue weighted by Crippen LogP contribution is 2.23. The zero-order valence-electron chi connectivity index (χ0n) is 10.2. The lowest BCUT2D eigenvalue weighted by Crippen LogP contribution is -2.81. The Morgan fingerprint density at radius 3 is 2.95 bits per heavy atom. The molecule has 0 aliphatic rings. The number of fused-ring (bicyclic) bond motifs is 1. The highest BCUT2D eigenvalue weighted by molar-refractivity contribution is 6.31. The Hall–Kier alpha value is -2.28. The average Bonchev–Trinajstić information content (AvgIpc) is 2.95. The molecule has 6 nitrogen and oxygen atoms in total. The normalized spacial score (nSPS) is 10.9. The lowest BCUT2D eigenvalue weighted by atomic mass is 10.2. The Labute approximate surface area is 118 Å². The van der Waals surface area contributed by atoms with Crippen molar-refractivity contribution in [2.24, 2.45) is 0 Å². The number of benzene rings is 1. The number of hydrogen-bond donors (Lipinski definition) is 1. The van der Waals surface area contributed by atoms with E-state index in [-0.39, 0.29) is 11.2 Å². The summed E-state index contributed by atoms with van der Waals surface area (Å²) in [4.78, 5) is 15.5. The molecule has 0 aliphatic carbocycles. The molecule has 0 fully saturated rings. The monoisotopic (exact) mass is 288 g/mol. The van der Waals surface area contributed by atoms with Crippen LogP contribution >= 0.6 is 11.6 Å². The maximum Gasteiger partial charge on any atom is 0.362 e. The molecule has 0 aliphatic heterocycles. The summed E-state index contributed by atoms with van der Waals surface area (Å²) in [6.07, 6.45) is 3.26. The number of quaternary nitrogens is 1. The third kappa shape index (κ3) is 2.16. The molecule has 0 radical (unpaired) electrons. The molecule has 0 saturated carbocycles. The summed E-state index contributed by atoms with van der Waals surface area (Å²) in [7, 11) is 0. The maximum atomic E-state index is 11.3. The van der Waals surface area contributed by atoms with Crippen LogP contribution in [0.1, 0.15) is 10.5 Å². The molecule has 0 bridgehead atoms. The Kier molecular flexibility index (Phi) is 3.19. The van der Waals surface area contributed by atoms with Gasteiger partial charge in [0.15, 0.2) is 5.69 Å². The molecule has 100 valence electrons. The molecule has 1 aromatic carbocycles. The summed E-state index contributed by atoms with van der Waals surface area (Å²) >= 11 is 5.94. The summed E-state index contributed by atoms with van der Waals surface area (Å²) in [5, 5.41) is 16.0. The molecular weight excluding hydrogens is 280 g/mol. The number of amides is 1. The average molecular weight is 289 g/mol. The summed E-state index contributed by atoms with van der Waals surface area (Å²) in [5.41, 5.74) is 1.85. The highest BCUT2D eigenvalue weighted by Gasteiger charge is 2.12. The molecule has 3 rings (SSSR count). The second kappa shape index (κ2) is 5.01. The molecule has 2 heterocycles.